The number of aliphatic hydroxyl groups is 8. The van der Waals surface area contributed by atoms with Gasteiger partial charge >= 0.3 is 0 Å². The number of aliphatic hydroxyl groups excluding tert-OH is 8. The largest absolute Gasteiger partial charge is 0.414 e. The number of ether oxygens (including phenoxy) is 8. The molecule has 424 valence electrons. The highest BCUT2D eigenvalue weighted by Gasteiger charge is 2.58. The maximum atomic E-state index is 12.1. The summed E-state index contributed by atoms with van der Waals surface area (Å²) in [5, 5.41) is 95.0. The summed E-state index contributed by atoms with van der Waals surface area (Å²) in [6.07, 6.45) is -32.5. The molecule has 8 bridgehead atoms. The van der Waals surface area contributed by atoms with E-state index in [9.17, 15) is 40.9 Å². The van der Waals surface area contributed by atoms with Crippen molar-refractivity contribution in [2.24, 2.45) is 0 Å². The lowest BCUT2D eigenvalue weighted by Crippen LogP contribution is -2.69. The zero-order chi connectivity index (χ0) is 54.9. The Labute approximate surface area is 433 Å². The van der Waals surface area contributed by atoms with Gasteiger partial charge in [0.05, 0.1) is 26.4 Å². The highest BCUT2D eigenvalue weighted by atomic mass is 28.4. The molecule has 20 nitrogen and oxygen atoms in total. The summed E-state index contributed by atoms with van der Waals surface area (Å²) in [6, 6.07) is 0. The topological polar surface area (TPSA) is 273 Å². The highest BCUT2D eigenvalue weighted by Crippen LogP contribution is 2.43. The third-order valence-electron chi connectivity index (χ3n) is 17.4. The number of hydrogen-bond donors (Lipinski definition) is 8. The third kappa shape index (κ3) is 13.7. The first kappa shape index (κ1) is 62.9. The maximum absolute atomic E-state index is 12.1. The molecule has 0 spiro atoms. The van der Waals surface area contributed by atoms with Crippen molar-refractivity contribution in [3.05, 3.63) is 0 Å². The van der Waals surface area contributed by atoms with Crippen LogP contribution in [0.15, 0.2) is 0 Å². The molecule has 24 heteroatoms. The summed E-state index contributed by atoms with van der Waals surface area (Å²) < 4.78 is 78.1. The van der Waals surface area contributed by atoms with E-state index < -0.39 is 156 Å². The molecule has 72 heavy (non-hydrogen) atoms. The van der Waals surface area contributed by atoms with Crippen molar-refractivity contribution >= 4 is 33.3 Å². The van der Waals surface area contributed by atoms with Crippen LogP contribution in [-0.4, -0.2) is 223 Å². The molecule has 14 rings (SSSR count). The van der Waals surface area contributed by atoms with E-state index in [1.807, 2.05) is 52.4 Å². The van der Waals surface area contributed by atoms with Crippen LogP contribution >= 0.6 is 0 Å². The second kappa shape index (κ2) is 22.7. The Morgan fingerprint density at radius 3 is 0.569 bits per heavy atom. The van der Waals surface area contributed by atoms with E-state index in [0.29, 0.717) is 0 Å². The average molecular weight is 1110 g/mol. The van der Waals surface area contributed by atoms with Crippen LogP contribution in [0, 0.1) is 0 Å². The SMILES string of the molecule is CC(C)(C)[Si](C)(C)OC[C@@H]1O[C@H]2O[C@@H]3[C@@H](O)[C@H](O)[C@H](O[C@@H]4[C@@H](O)[C@H](O)[C@H](O[C@@H]5[C@@H](O)[C@H](O)[C@H](O[C@@H]1[C@@H](O)[C@@H]2O)O[C@H]5CO[Si](C)(C)C(C)(C)C)O[C@H]4CO[Si](C)(C)C(C)(C)C)O[C@H]3CO[Si](C)(C)C(C)(C)C. The van der Waals surface area contributed by atoms with Gasteiger partial charge in [-0.2, -0.15) is 0 Å². The van der Waals surface area contributed by atoms with Crippen LogP contribution in [0.5, 0.6) is 0 Å². The van der Waals surface area contributed by atoms with E-state index in [1.54, 1.807) is 0 Å². The van der Waals surface area contributed by atoms with Gasteiger partial charge in [0.1, 0.15) is 97.7 Å². The van der Waals surface area contributed by atoms with E-state index in [0.717, 1.165) is 0 Å². The molecule has 8 N–H and O–H groups in total. The average Bonchev–Trinajstić information content (AvgIpc) is 3.23. The molecule has 0 aromatic carbocycles. The second-order valence-corrected chi connectivity index (χ2v) is 46.0. The molecule has 0 radical (unpaired) electrons. The Balaban J connectivity index is 1.65. The molecule has 0 aromatic heterocycles. The van der Waals surface area contributed by atoms with Crippen molar-refractivity contribution in [1.29, 1.82) is 0 Å². The van der Waals surface area contributed by atoms with E-state index in [4.69, 9.17) is 55.6 Å². The number of hydrogen-bond acceptors (Lipinski definition) is 20. The standard InChI is InChI=1S/C48H96O20Si4/c1-45(2,3)69(13,14)57-21-25-37-29(49)33(53)41(61-25)66-38-26(22-58-70(15,16)46(4,5)6)63-43(35(55)31(38)51)68-40-28(24-60-72(19,20)48(10,11)12)64-44(36(56)32(40)52)67-39-27(23-59-71(17,18)47(7,8)9)62-42(65-37)34(54)30(39)50/h25-44,49-56H,21-24H2,1-20H3/t25-,26-,27-,28-,29-,30-,31-,32-,33-,34-,35-,36-,37-,38-,39-,40-,41-,42-,43-,44-/m0/s1. The number of rotatable bonds is 12. The summed E-state index contributed by atoms with van der Waals surface area (Å²) >= 11 is 0. The minimum absolute atomic E-state index is 0.194. The highest BCUT2D eigenvalue weighted by molar-refractivity contribution is 6.75. The predicted octanol–water partition coefficient (Wildman–Crippen LogP) is 3.41. The van der Waals surface area contributed by atoms with Crippen LogP contribution in [0.4, 0.5) is 0 Å². The molecular weight excluding hydrogens is 1010 g/mol. The van der Waals surface area contributed by atoms with Gasteiger partial charge in [-0.15, -0.1) is 0 Å². The van der Waals surface area contributed by atoms with Gasteiger partial charge < -0.3 is 96.5 Å². The van der Waals surface area contributed by atoms with E-state index in [2.05, 4.69) is 83.1 Å². The summed E-state index contributed by atoms with van der Waals surface area (Å²) in [7, 11) is -10.2. The van der Waals surface area contributed by atoms with Crippen LogP contribution < -0.4 is 0 Å². The first-order valence-corrected chi connectivity index (χ1v) is 37.4. The normalized spacial score (nSPS) is 40.5. The Morgan fingerprint density at radius 2 is 0.431 bits per heavy atom. The van der Waals surface area contributed by atoms with Gasteiger partial charge in [-0.05, 0) is 72.5 Å². The van der Waals surface area contributed by atoms with E-state index in [1.165, 1.54) is 0 Å². The summed E-state index contributed by atoms with van der Waals surface area (Å²) in [5.41, 5.74) is 0. The zero-order valence-electron chi connectivity index (χ0n) is 46.9. The molecule has 0 aliphatic carbocycles. The minimum atomic E-state index is -2.55. The molecule has 14 heterocycles. The van der Waals surface area contributed by atoms with Crippen molar-refractivity contribution in [3.63, 3.8) is 0 Å². The summed E-state index contributed by atoms with van der Waals surface area (Å²) in [4.78, 5) is 0. The molecule has 14 saturated heterocycles. The Bertz CT molecular complexity index is 1500. The lowest BCUT2D eigenvalue weighted by atomic mass is 9.94. The van der Waals surface area contributed by atoms with Gasteiger partial charge in [0.25, 0.3) is 0 Å². The third-order valence-corrected chi connectivity index (χ3v) is 35.4. The van der Waals surface area contributed by atoms with Crippen molar-refractivity contribution in [2.45, 2.75) is 278 Å². The maximum Gasteiger partial charge on any atom is 0.192 e. The fourth-order valence-corrected chi connectivity index (χ4v) is 12.0. The quantitative estimate of drug-likeness (QED) is 0.130. The molecule has 0 unspecified atom stereocenters. The Kier molecular flexibility index (Phi) is 19.8. The van der Waals surface area contributed by atoms with Crippen molar-refractivity contribution in [2.75, 3.05) is 26.4 Å². The summed E-state index contributed by atoms with van der Waals surface area (Å²) in [5.74, 6) is 0. The predicted molar refractivity (Wildman–Crippen MR) is 275 cm³/mol. The molecule has 0 amide bonds. The van der Waals surface area contributed by atoms with E-state index >= 15 is 0 Å². The zero-order valence-corrected chi connectivity index (χ0v) is 50.9. The van der Waals surface area contributed by atoms with Gasteiger partial charge in [0.2, 0.25) is 0 Å². The first-order chi connectivity index (χ1) is 32.5. The van der Waals surface area contributed by atoms with Crippen molar-refractivity contribution < 1.29 is 96.5 Å². The van der Waals surface area contributed by atoms with Gasteiger partial charge in [0.15, 0.2) is 58.4 Å². The smallest absolute Gasteiger partial charge is 0.192 e. The fraction of sp³-hybridized carbons (Fsp3) is 1.00. The fourth-order valence-electron chi connectivity index (χ4n) is 7.93. The molecule has 14 fully saturated rings. The van der Waals surface area contributed by atoms with Crippen molar-refractivity contribution in [3.8, 4) is 0 Å². The minimum Gasteiger partial charge on any atom is -0.414 e. The van der Waals surface area contributed by atoms with Crippen LogP contribution in [-0.2, 0) is 55.6 Å². The molecule has 0 aromatic rings. The summed E-state index contributed by atoms with van der Waals surface area (Å²) in [6.45, 7) is 40.0. The lowest BCUT2D eigenvalue weighted by molar-refractivity contribution is -0.403. The van der Waals surface area contributed by atoms with Crippen LogP contribution in [0.2, 0.25) is 72.5 Å². The van der Waals surface area contributed by atoms with Gasteiger partial charge in [-0.3, -0.25) is 0 Å². The molecule has 14 aliphatic rings. The van der Waals surface area contributed by atoms with Crippen molar-refractivity contribution in [1.82, 2.24) is 0 Å². The van der Waals surface area contributed by atoms with Gasteiger partial charge in [0, 0.05) is 0 Å². The Morgan fingerprint density at radius 1 is 0.278 bits per heavy atom. The van der Waals surface area contributed by atoms with Crippen LogP contribution in [0.3, 0.4) is 0 Å². The molecule has 20 atom stereocenters. The van der Waals surface area contributed by atoms with Crippen LogP contribution in [0.1, 0.15) is 83.1 Å². The first-order valence-electron chi connectivity index (χ1n) is 25.8. The Hall–Kier alpha value is 0.0675. The van der Waals surface area contributed by atoms with Crippen LogP contribution in [0.25, 0.3) is 0 Å². The monoisotopic (exact) mass is 1100 g/mol. The molecule has 0 saturated carbocycles. The molecular formula is C48H96O20Si4. The van der Waals surface area contributed by atoms with Gasteiger partial charge in [-0.25, -0.2) is 0 Å². The van der Waals surface area contributed by atoms with Gasteiger partial charge in [-0.1, -0.05) is 83.1 Å². The lowest BCUT2D eigenvalue weighted by Gasteiger charge is -2.52. The van der Waals surface area contributed by atoms with E-state index in [-0.39, 0.29) is 46.6 Å². The second-order valence-electron chi connectivity index (χ2n) is 26.8. The molecule has 14 aliphatic heterocycles.